The van der Waals surface area contributed by atoms with Gasteiger partial charge < -0.3 is 21.1 Å². The lowest BCUT2D eigenvalue weighted by molar-refractivity contribution is 0.0322. The van der Waals surface area contributed by atoms with Crippen LogP contribution in [0.1, 0.15) is 40.2 Å². The van der Waals surface area contributed by atoms with Crippen LogP contribution in [-0.4, -0.2) is 11.6 Å². The molecule has 0 bridgehead atoms. The highest BCUT2D eigenvalue weighted by Crippen LogP contribution is 2.28. The fourth-order valence-electron chi connectivity index (χ4n) is 2.34. The number of para-hydroxylation sites is 2. The largest absolute Gasteiger partial charge is 0.439 e. The molecule has 25 heavy (non-hydrogen) atoms. The number of hydrogen-bond donors (Lipinski definition) is 3. The number of nitrogen functional groups attached to an aromatic ring is 1. The fourth-order valence-corrected chi connectivity index (χ4v) is 2.34. The topological polar surface area (TPSA) is 76.4 Å². The van der Waals surface area contributed by atoms with Gasteiger partial charge in [0.05, 0.1) is 11.4 Å². The van der Waals surface area contributed by atoms with Crippen molar-refractivity contribution in [2.45, 2.75) is 45.8 Å². The molecule has 4 N–H and O–H groups in total. The number of benzene rings is 2. The van der Waals surface area contributed by atoms with Crippen LogP contribution >= 0.6 is 0 Å². The second-order valence-corrected chi connectivity index (χ2v) is 7.56. The van der Waals surface area contributed by atoms with Crippen molar-refractivity contribution in [1.82, 2.24) is 5.32 Å². The summed E-state index contributed by atoms with van der Waals surface area (Å²) in [7, 11) is 0. The van der Waals surface area contributed by atoms with E-state index in [4.69, 9.17) is 10.5 Å². The van der Waals surface area contributed by atoms with Crippen molar-refractivity contribution in [1.29, 1.82) is 0 Å². The van der Waals surface area contributed by atoms with Gasteiger partial charge in [-0.05, 0) is 64.4 Å². The maximum atomic E-state index is 12.0. The van der Waals surface area contributed by atoms with Crippen LogP contribution < -0.4 is 16.4 Å². The summed E-state index contributed by atoms with van der Waals surface area (Å²) in [5.74, 6) is 0. The Hall–Kier alpha value is -2.69. The Labute approximate surface area is 149 Å². The summed E-state index contributed by atoms with van der Waals surface area (Å²) in [5.41, 5.74) is 8.24. The van der Waals surface area contributed by atoms with Crippen LogP contribution in [0.4, 0.5) is 21.9 Å². The molecule has 0 spiro atoms. The molecule has 5 heteroatoms. The van der Waals surface area contributed by atoms with Crippen LogP contribution in [0.3, 0.4) is 0 Å². The maximum absolute atomic E-state index is 12.0. The van der Waals surface area contributed by atoms with E-state index in [1.54, 1.807) is 0 Å². The van der Waals surface area contributed by atoms with E-state index in [2.05, 4.69) is 10.6 Å². The molecule has 2 aromatic rings. The zero-order valence-electron chi connectivity index (χ0n) is 15.5. The lowest BCUT2D eigenvalue weighted by atomic mass is 9.98. The lowest BCUT2D eigenvalue weighted by Gasteiger charge is -2.28. The van der Waals surface area contributed by atoms with Gasteiger partial charge in [0.25, 0.3) is 0 Å². The Morgan fingerprint density at radius 1 is 0.960 bits per heavy atom. The second kappa shape index (κ2) is 7.05. The summed E-state index contributed by atoms with van der Waals surface area (Å²) < 4.78 is 5.59. The van der Waals surface area contributed by atoms with Gasteiger partial charge in [0.1, 0.15) is 5.60 Å². The first-order chi connectivity index (χ1) is 11.6. The summed E-state index contributed by atoms with van der Waals surface area (Å²) in [4.78, 5) is 12.0. The number of hydrogen-bond acceptors (Lipinski definition) is 4. The number of carbonyl (C=O) groups is 1. The van der Waals surface area contributed by atoms with Gasteiger partial charge in [0.2, 0.25) is 0 Å². The Bertz CT molecular complexity index is 731. The maximum Gasteiger partial charge on any atom is 0.408 e. The molecule has 0 radical (unpaired) electrons. The van der Waals surface area contributed by atoms with Gasteiger partial charge in [0.15, 0.2) is 0 Å². The average molecular weight is 341 g/mol. The Kier molecular flexibility index (Phi) is 5.26. The SMILES string of the molecule is CC(C)(C)NC(=O)OC(C)(C)c1ccc(Nc2ccccc2N)cc1. The van der Waals surface area contributed by atoms with Crippen molar-refractivity contribution in [3.05, 3.63) is 54.1 Å². The molecule has 0 fully saturated rings. The highest BCUT2D eigenvalue weighted by molar-refractivity contribution is 5.72. The van der Waals surface area contributed by atoms with E-state index in [0.29, 0.717) is 5.69 Å². The highest BCUT2D eigenvalue weighted by Gasteiger charge is 2.27. The number of rotatable bonds is 4. The number of amides is 1. The molecule has 0 saturated carbocycles. The summed E-state index contributed by atoms with van der Waals surface area (Å²) in [5, 5.41) is 6.09. The van der Waals surface area contributed by atoms with E-state index in [1.165, 1.54) is 0 Å². The minimum atomic E-state index is -0.736. The van der Waals surface area contributed by atoms with Crippen LogP contribution in [0.5, 0.6) is 0 Å². The summed E-state index contributed by atoms with van der Waals surface area (Å²) >= 11 is 0. The van der Waals surface area contributed by atoms with E-state index in [0.717, 1.165) is 16.9 Å². The first-order valence-electron chi connectivity index (χ1n) is 8.30. The average Bonchev–Trinajstić information content (AvgIpc) is 2.47. The molecule has 0 atom stereocenters. The van der Waals surface area contributed by atoms with Crippen molar-refractivity contribution < 1.29 is 9.53 Å². The molecule has 0 unspecified atom stereocenters. The fraction of sp³-hybridized carbons (Fsp3) is 0.350. The Morgan fingerprint density at radius 2 is 1.56 bits per heavy atom. The van der Waals surface area contributed by atoms with Gasteiger partial charge in [-0.15, -0.1) is 0 Å². The molecule has 2 rings (SSSR count). The molecule has 0 aliphatic rings. The van der Waals surface area contributed by atoms with E-state index in [9.17, 15) is 4.79 Å². The van der Waals surface area contributed by atoms with Gasteiger partial charge in [-0.25, -0.2) is 4.79 Å². The summed E-state index contributed by atoms with van der Waals surface area (Å²) in [6, 6.07) is 15.3. The number of nitrogens with two attached hydrogens (primary N) is 1. The standard InChI is InChI=1S/C20H27N3O2/c1-19(2,3)23-18(24)25-20(4,5)14-10-12-15(13-11-14)22-17-9-7-6-8-16(17)21/h6-13,22H,21H2,1-5H3,(H,23,24). The number of ether oxygens (including phenoxy) is 1. The normalized spacial score (nSPS) is 11.7. The molecular weight excluding hydrogens is 314 g/mol. The van der Waals surface area contributed by atoms with Crippen molar-refractivity contribution in [3.8, 4) is 0 Å². The molecular formula is C20H27N3O2. The third-order valence-electron chi connectivity index (χ3n) is 3.64. The number of anilines is 3. The van der Waals surface area contributed by atoms with Crippen molar-refractivity contribution in [3.63, 3.8) is 0 Å². The zero-order valence-corrected chi connectivity index (χ0v) is 15.5. The third kappa shape index (κ3) is 5.41. The lowest BCUT2D eigenvalue weighted by Crippen LogP contribution is -2.43. The minimum absolute atomic E-state index is 0.337. The molecule has 134 valence electrons. The quantitative estimate of drug-likeness (QED) is 0.700. The van der Waals surface area contributed by atoms with E-state index in [1.807, 2.05) is 83.1 Å². The van der Waals surface area contributed by atoms with Gasteiger partial charge >= 0.3 is 6.09 Å². The minimum Gasteiger partial charge on any atom is -0.439 e. The first kappa shape index (κ1) is 18.6. The number of carbonyl (C=O) groups excluding carboxylic acids is 1. The first-order valence-corrected chi connectivity index (χ1v) is 8.30. The number of alkyl carbamates (subject to hydrolysis) is 1. The van der Waals surface area contributed by atoms with Gasteiger partial charge in [-0.3, -0.25) is 0 Å². The molecule has 0 aliphatic heterocycles. The van der Waals surface area contributed by atoms with Gasteiger partial charge in [-0.2, -0.15) is 0 Å². The monoisotopic (exact) mass is 341 g/mol. The molecule has 5 nitrogen and oxygen atoms in total. The Morgan fingerprint density at radius 3 is 2.12 bits per heavy atom. The van der Waals surface area contributed by atoms with Crippen LogP contribution in [0.15, 0.2) is 48.5 Å². The van der Waals surface area contributed by atoms with Crippen molar-refractivity contribution in [2.75, 3.05) is 11.1 Å². The van der Waals surface area contributed by atoms with Crippen LogP contribution in [0, 0.1) is 0 Å². The third-order valence-corrected chi connectivity index (χ3v) is 3.64. The van der Waals surface area contributed by atoms with Gasteiger partial charge in [-0.1, -0.05) is 24.3 Å². The molecule has 2 aromatic carbocycles. The molecule has 0 saturated heterocycles. The zero-order chi connectivity index (χ0) is 18.7. The van der Waals surface area contributed by atoms with E-state index >= 15 is 0 Å². The van der Waals surface area contributed by atoms with E-state index < -0.39 is 11.7 Å². The van der Waals surface area contributed by atoms with Gasteiger partial charge in [0, 0.05) is 11.2 Å². The summed E-state index contributed by atoms with van der Waals surface area (Å²) in [6.45, 7) is 9.48. The predicted octanol–water partition coefficient (Wildman–Crippen LogP) is 4.77. The Balaban J connectivity index is 2.07. The molecule has 1 amide bonds. The van der Waals surface area contributed by atoms with Crippen LogP contribution in [-0.2, 0) is 10.3 Å². The molecule has 0 heterocycles. The highest BCUT2D eigenvalue weighted by atomic mass is 16.6. The molecule has 0 aromatic heterocycles. The number of nitrogens with one attached hydrogen (secondary N) is 2. The van der Waals surface area contributed by atoms with Crippen molar-refractivity contribution >= 4 is 23.2 Å². The predicted molar refractivity (Wildman–Crippen MR) is 103 cm³/mol. The van der Waals surface area contributed by atoms with Crippen molar-refractivity contribution in [2.24, 2.45) is 0 Å². The summed E-state index contributed by atoms with van der Waals surface area (Å²) in [6.07, 6.45) is -0.434. The van der Waals surface area contributed by atoms with E-state index in [-0.39, 0.29) is 5.54 Å². The van der Waals surface area contributed by atoms with Crippen LogP contribution in [0.2, 0.25) is 0 Å². The van der Waals surface area contributed by atoms with Crippen LogP contribution in [0.25, 0.3) is 0 Å². The smallest absolute Gasteiger partial charge is 0.408 e. The molecule has 0 aliphatic carbocycles. The second-order valence-electron chi connectivity index (χ2n) is 7.56.